The first-order valence-corrected chi connectivity index (χ1v) is 5.59. The van der Waals surface area contributed by atoms with E-state index < -0.39 is 12.0 Å². The summed E-state index contributed by atoms with van der Waals surface area (Å²) in [4.78, 5) is 13.7. The molecule has 1 saturated heterocycles. The molecule has 0 spiro atoms. The molecule has 0 aromatic carbocycles. The minimum absolute atomic E-state index is 0.0775. The predicted molar refractivity (Wildman–Crippen MR) is 58.7 cm³/mol. The molecule has 2 bridgehead atoms. The molecule has 2 heterocycles. The topological polar surface area (TPSA) is 75.8 Å². The van der Waals surface area contributed by atoms with Crippen LogP contribution < -0.4 is 5.73 Å². The number of ether oxygens (including phenoxy) is 1. The van der Waals surface area contributed by atoms with Gasteiger partial charge in [-0.25, -0.2) is 0 Å². The number of carbonyl (C=O) groups is 1. The maximum atomic E-state index is 11.4. The Balaban J connectivity index is 1.88. The molecule has 3 N–H and O–H groups in total. The number of hydrogen-bond acceptors (Lipinski definition) is 5. The number of aliphatic hydroxyl groups is 1. The van der Waals surface area contributed by atoms with Gasteiger partial charge in [0.25, 0.3) is 0 Å². The highest BCUT2D eigenvalue weighted by atomic mass is 16.5. The van der Waals surface area contributed by atoms with E-state index in [9.17, 15) is 4.79 Å². The van der Waals surface area contributed by atoms with E-state index in [1.54, 1.807) is 0 Å². The number of piperidine rings is 1. The van der Waals surface area contributed by atoms with E-state index >= 15 is 0 Å². The molecule has 0 aromatic rings. The monoisotopic (exact) mass is 226 g/mol. The Bertz CT molecular complexity index is 290. The number of nitrogens with zero attached hydrogens (tertiary/aromatic N) is 1. The van der Waals surface area contributed by atoms with Crippen LogP contribution in [0.3, 0.4) is 0 Å². The molecule has 0 saturated carbocycles. The Kier molecular flexibility index (Phi) is 3.28. The number of hydrogen-bond donors (Lipinski definition) is 2. The van der Waals surface area contributed by atoms with Crippen molar-refractivity contribution in [3.63, 3.8) is 0 Å². The van der Waals surface area contributed by atoms with E-state index in [0.29, 0.717) is 12.1 Å². The van der Waals surface area contributed by atoms with Crippen LogP contribution in [0.2, 0.25) is 0 Å². The van der Waals surface area contributed by atoms with Gasteiger partial charge in [-0.1, -0.05) is 12.2 Å². The van der Waals surface area contributed by atoms with Crippen molar-refractivity contribution in [3.8, 4) is 0 Å². The molecule has 16 heavy (non-hydrogen) atoms. The average molecular weight is 226 g/mol. The second-order valence-corrected chi connectivity index (χ2v) is 4.50. The second kappa shape index (κ2) is 4.53. The third kappa shape index (κ3) is 2.11. The third-order valence-electron chi connectivity index (χ3n) is 3.39. The summed E-state index contributed by atoms with van der Waals surface area (Å²) < 4.78 is 5.28. The lowest BCUT2D eigenvalue weighted by Gasteiger charge is -2.36. The molecule has 2 rings (SSSR count). The average Bonchev–Trinajstić information content (AvgIpc) is 2.52. The molecule has 5 nitrogen and oxygen atoms in total. The molecule has 3 unspecified atom stereocenters. The lowest BCUT2D eigenvalue weighted by atomic mass is 9.99. The number of nitrogens with two attached hydrogens (primary N) is 1. The lowest BCUT2D eigenvalue weighted by molar-refractivity contribution is -0.154. The highest BCUT2D eigenvalue weighted by Gasteiger charge is 2.36. The SMILES string of the molecule is CN1C2C=CC1CC(OC(=O)C(N)CO)C2. The lowest BCUT2D eigenvalue weighted by Crippen LogP contribution is -2.46. The van der Waals surface area contributed by atoms with Gasteiger partial charge in [-0.3, -0.25) is 9.69 Å². The molecule has 3 atom stereocenters. The predicted octanol–water partition coefficient (Wildman–Crippen LogP) is -0.750. The van der Waals surface area contributed by atoms with Gasteiger partial charge in [-0.15, -0.1) is 0 Å². The fraction of sp³-hybridized carbons (Fsp3) is 0.727. The summed E-state index contributed by atoms with van der Waals surface area (Å²) in [6.07, 6.45) is 5.86. The van der Waals surface area contributed by atoms with Gasteiger partial charge in [0.15, 0.2) is 0 Å². The van der Waals surface area contributed by atoms with Crippen LogP contribution in [0.15, 0.2) is 12.2 Å². The molecule has 0 radical (unpaired) electrons. The Hall–Kier alpha value is -0.910. The largest absolute Gasteiger partial charge is 0.461 e. The summed E-state index contributed by atoms with van der Waals surface area (Å²) in [6, 6.07) is -0.186. The van der Waals surface area contributed by atoms with Crippen LogP contribution in [0.1, 0.15) is 12.8 Å². The Labute approximate surface area is 94.9 Å². The van der Waals surface area contributed by atoms with E-state index in [-0.39, 0.29) is 12.7 Å². The fourth-order valence-corrected chi connectivity index (χ4v) is 2.32. The maximum Gasteiger partial charge on any atom is 0.325 e. The molecule has 0 aliphatic carbocycles. The van der Waals surface area contributed by atoms with Crippen molar-refractivity contribution in [2.75, 3.05) is 13.7 Å². The first-order chi connectivity index (χ1) is 7.61. The first kappa shape index (κ1) is 11.6. The highest BCUT2D eigenvalue weighted by Crippen LogP contribution is 2.30. The van der Waals surface area contributed by atoms with Crippen LogP contribution in [0, 0.1) is 0 Å². The highest BCUT2D eigenvalue weighted by molar-refractivity contribution is 5.75. The standard InChI is InChI=1S/C11H18N2O3/c1-13-7-2-3-8(13)5-9(4-7)16-11(15)10(12)6-14/h2-3,7-10,14H,4-6,12H2,1H3. The zero-order chi connectivity index (χ0) is 11.7. The molecule has 2 aliphatic rings. The van der Waals surface area contributed by atoms with E-state index in [0.717, 1.165) is 12.8 Å². The number of carbonyl (C=O) groups excluding carboxylic acids is 1. The van der Waals surface area contributed by atoms with Crippen molar-refractivity contribution in [2.24, 2.45) is 5.73 Å². The van der Waals surface area contributed by atoms with Crippen LogP contribution in [-0.4, -0.2) is 53.9 Å². The van der Waals surface area contributed by atoms with Gasteiger partial charge < -0.3 is 15.6 Å². The summed E-state index contributed by atoms with van der Waals surface area (Å²) in [6.45, 7) is -0.365. The smallest absolute Gasteiger partial charge is 0.325 e. The van der Waals surface area contributed by atoms with Crippen LogP contribution in [-0.2, 0) is 9.53 Å². The van der Waals surface area contributed by atoms with Crippen molar-refractivity contribution >= 4 is 5.97 Å². The number of likely N-dealkylation sites (N-methyl/N-ethyl adjacent to an activating group) is 1. The summed E-state index contributed by atoms with van der Waals surface area (Å²) in [7, 11) is 2.08. The number of rotatable bonds is 3. The van der Waals surface area contributed by atoms with Gasteiger partial charge in [-0.05, 0) is 7.05 Å². The zero-order valence-corrected chi connectivity index (χ0v) is 9.37. The molecule has 1 fully saturated rings. The van der Waals surface area contributed by atoms with Crippen molar-refractivity contribution in [2.45, 2.75) is 37.1 Å². The van der Waals surface area contributed by atoms with Crippen molar-refractivity contribution in [1.82, 2.24) is 4.90 Å². The molecule has 90 valence electrons. The maximum absolute atomic E-state index is 11.4. The summed E-state index contributed by atoms with van der Waals surface area (Å²) in [5, 5.41) is 8.75. The van der Waals surface area contributed by atoms with Gasteiger partial charge in [0, 0.05) is 24.9 Å². The molecule has 2 aliphatic heterocycles. The van der Waals surface area contributed by atoms with Crippen LogP contribution in [0.5, 0.6) is 0 Å². The summed E-state index contributed by atoms with van der Waals surface area (Å²) in [5.74, 6) is -0.503. The third-order valence-corrected chi connectivity index (χ3v) is 3.39. The normalized spacial score (nSPS) is 35.1. The molecule has 0 amide bonds. The first-order valence-electron chi connectivity index (χ1n) is 5.59. The van der Waals surface area contributed by atoms with Crippen LogP contribution >= 0.6 is 0 Å². The quantitative estimate of drug-likeness (QED) is 0.489. The number of esters is 1. The van der Waals surface area contributed by atoms with Gasteiger partial charge in [0.05, 0.1) is 6.61 Å². The Morgan fingerprint density at radius 2 is 2.12 bits per heavy atom. The van der Waals surface area contributed by atoms with Crippen LogP contribution in [0.25, 0.3) is 0 Å². The minimum atomic E-state index is -0.912. The van der Waals surface area contributed by atoms with Crippen LogP contribution in [0.4, 0.5) is 0 Å². The Morgan fingerprint density at radius 1 is 1.56 bits per heavy atom. The number of fused-ring (bicyclic) bond motifs is 2. The molecular weight excluding hydrogens is 208 g/mol. The summed E-state index contributed by atoms with van der Waals surface area (Å²) in [5.41, 5.74) is 5.40. The van der Waals surface area contributed by atoms with Crippen molar-refractivity contribution < 1.29 is 14.6 Å². The van der Waals surface area contributed by atoms with Gasteiger partial charge in [0.2, 0.25) is 0 Å². The minimum Gasteiger partial charge on any atom is -0.461 e. The van der Waals surface area contributed by atoms with E-state index in [4.69, 9.17) is 15.6 Å². The van der Waals surface area contributed by atoms with Gasteiger partial charge in [0.1, 0.15) is 12.1 Å². The van der Waals surface area contributed by atoms with Crippen molar-refractivity contribution in [1.29, 1.82) is 0 Å². The van der Waals surface area contributed by atoms with E-state index in [2.05, 4.69) is 24.1 Å². The van der Waals surface area contributed by atoms with E-state index in [1.165, 1.54) is 0 Å². The van der Waals surface area contributed by atoms with Gasteiger partial charge in [-0.2, -0.15) is 0 Å². The van der Waals surface area contributed by atoms with E-state index in [1.807, 2.05) is 0 Å². The molecule has 5 heteroatoms. The van der Waals surface area contributed by atoms with Crippen molar-refractivity contribution in [3.05, 3.63) is 12.2 Å². The molecule has 0 aromatic heterocycles. The summed E-state index contributed by atoms with van der Waals surface area (Å²) >= 11 is 0. The zero-order valence-electron chi connectivity index (χ0n) is 9.37. The van der Waals surface area contributed by atoms with Gasteiger partial charge >= 0.3 is 5.97 Å². The number of aliphatic hydroxyl groups excluding tert-OH is 1. The molecular formula is C11H18N2O3. The fourth-order valence-electron chi connectivity index (χ4n) is 2.32. The Morgan fingerprint density at radius 3 is 2.62 bits per heavy atom. The second-order valence-electron chi connectivity index (χ2n) is 4.50.